The average Bonchev–Trinajstić information content (AvgIpc) is 2.57. The summed E-state index contributed by atoms with van der Waals surface area (Å²) in [6.07, 6.45) is 6.55. The first-order valence-corrected chi connectivity index (χ1v) is 7.93. The molecule has 1 aromatic carbocycles. The van der Waals surface area contributed by atoms with Crippen LogP contribution < -0.4 is 10.2 Å². The lowest BCUT2D eigenvalue weighted by molar-refractivity contribution is 0.102. The zero-order valence-corrected chi connectivity index (χ0v) is 13.1. The van der Waals surface area contributed by atoms with Gasteiger partial charge in [0.05, 0.1) is 11.4 Å². The molecule has 1 unspecified atom stereocenters. The first kappa shape index (κ1) is 15.5. The van der Waals surface area contributed by atoms with E-state index in [1.54, 1.807) is 30.6 Å². The van der Waals surface area contributed by atoms with Gasteiger partial charge in [-0.05, 0) is 56.5 Å². The number of anilines is 2. The zero-order chi connectivity index (χ0) is 16.2. The van der Waals surface area contributed by atoms with Crippen molar-refractivity contribution in [1.82, 2.24) is 4.98 Å². The molecule has 0 aliphatic carbocycles. The predicted octanol–water partition coefficient (Wildman–Crippen LogP) is 3.85. The maximum absolute atomic E-state index is 13.7. The predicted molar refractivity (Wildman–Crippen MR) is 89.2 cm³/mol. The van der Waals surface area contributed by atoms with Crippen molar-refractivity contribution in [2.24, 2.45) is 0 Å². The highest BCUT2D eigenvalue weighted by molar-refractivity contribution is 6.05. The molecule has 2 aromatic rings. The van der Waals surface area contributed by atoms with E-state index in [9.17, 15) is 9.18 Å². The largest absolute Gasteiger partial charge is 0.367 e. The maximum Gasteiger partial charge on any atom is 0.255 e. The number of hydrogen-bond acceptors (Lipinski definition) is 3. The van der Waals surface area contributed by atoms with Crippen LogP contribution in [0.5, 0.6) is 0 Å². The molecule has 0 radical (unpaired) electrons. The van der Waals surface area contributed by atoms with Crippen molar-refractivity contribution in [1.29, 1.82) is 0 Å². The Morgan fingerprint density at radius 2 is 2.04 bits per heavy atom. The quantitative estimate of drug-likeness (QED) is 0.936. The molecule has 1 aromatic heterocycles. The Balaban J connectivity index is 1.89. The van der Waals surface area contributed by atoms with E-state index in [4.69, 9.17) is 0 Å². The second kappa shape index (κ2) is 6.77. The average molecular weight is 313 g/mol. The smallest absolute Gasteiger partial charge is 0.255 e. The number of carbonyl (C=O) groups is 1. The number of hydrogen-bond donors (Lipinski definition) is 1. The first-order chi connectivity index (χ1) is 11.1. The van der Waals surface area contributed by atoms with Gasteiger partial charge in [0.2, 0.25) is 0 Å². The fourth-order valence-electron chi connectivity index (χ4n) is 3.01. The topological polar surface area (TPSA) is 45.2 Å². The van der Waals surface area contributed by atoms with Crippen molar-refractivity contribution < 1.29 is 9.18 Å². The number of benzene rings is 1. The van der Waals surface area contributed by atoms with Gasteiger partial charge in [-0.2, -0.15) is 0 Å². The number of nitrogens with one attached hydrogen (secondary N) is 1. The number of pyridine rings is 1. The van der Waals surface area contributed by atoms with Gasteiger partial charge in [-0.3, -0.25) is 9.78 Å². The lowest BCUT2D eigenvalue weighted by atomic mass is 10.0. The van der Waals surface area contributed by atoms with Crippen LogP contribution in [0.15, 0.2) is 42.7 Å². The number of rotatable bonds is 3. The molecular formula is C18H20FN3O. The third-order valence-corrected chi connectivity index (χ3v) is 4.26. The Labute approximate surface area is 135 Å². The minimum Gasteiger partial charge on any atom is -0.367 e. The third kappa shape index (κ3) is 3.50. The fraction of sp³-hybridized carbons (Fsp3) is 0.333. The van der Waals surface area contributed by atoms with E-state index in [1.165, 1.54) is 18.6 Å². The standard InChI is InChI=1S/C18H20FN3O/c1-13-4-2-3-11-22(13)17-6-5-15(19)12-16(17)21-18(23)14-7-9-20-10-8-14/h5-10,12-13H,2-4,11H2,1H3,(H,21,23). The molecule has 23 heavy (non-hydrogen) atoms. The van der Waals surface area contributed by atoms with E-state index in [2.05, 4.69) is 22.1 Å². The molecule has 3 rings (SSSR count). The van der Waals surface area contributed by atoms with E-state index in [0.29, 0.717) is 17.3 Å². The van der Waals surface area contributed by atoms with E-state index in [-0.39, 0.29) is 11.7 Å². The number of carbonyl (C=O) groups excluding carboxylic acids is 1. The molecule has 0 spiro atoms. The summed E-state index contributed by atoms with van der Waals surface area (Å²) in [7, 11) is 0. The highest BCUT2D eigenvalue weighted by Crippen LogP contribution is 2.32. The maximum atomic E-state index is 13.7. The molecule has 1 aliphatic rings. The number of piperidine rings is 1. The minimum absolute atomic E-state index is 0.260. The van der Waals surface area contributed by atoms with Crippen molar-refractivity contribution in [3.63, 3.8) is 0 Å². The van der Waals surface area contributed by atoms with Crippen LogP contribution in [0.1, 0.15) is 36.5 Å². The first-order valence-electron chi connectivity index (χ1n) is 7.93. The van der Waals surface area contributed by atoms with Crippen LogP contribution in [-0.4, -0.2) is 23.5 Å². The molecule has 0 saturated carbocycles. The molecule has 4 nitrogen and oxygen atoms in total. The Morgan fingerprint density at radius 3 is 2.78 bits per heavy atom. The van der Waals surface area contributed by atoms with Crippen LogP contribution in [0.4, 0.5) is 15.8 Å². The van der Waals surface area contributed by atoms with Crippen LogP contribution in [0.2, 0.25) is 0 Å². The van der Waals surface area contributed by atoms with Gasteiger partial charge in [0.25, 0.3) is 5.91 Å². The molecule has 120 valence electrons. The van der Waals surface area contributed by atoms with E-state index in [1.807, 2.05) is 0 Å². The number of halogens is 1. The van der Waals surface area contributed by atoms with Gasteiger partial charge in [-0.25, -0.2) is 4.39 Å². The van der Waals surface area contributed by atoms with Crippen molar-refractivity contribution >= 4 is 17.3 Å². The Bertz CT molecular complexity index is 690. The second-order valence-corrected chi connectivity index (χ2v) is 5.89. The van der Waals surface area contributed by atoms with Crippen molar-refractivity contribution in [2.75, 3.05) is 16.8 Å². The van der Waals surface area contributed by atoms with Gasteiger partial charge in [0.1, 0.15) is 5.82 Å². The number of aromatic nitrogens is 1. The van der Waals surface area contributed by atoms with Gasteiger partial charge in [-0.1, -0.05) is 0 Å². The zero-order valence-electron chi connectivity index (χ0n) is 13.1. The molecule has 0 bridgehead atoms. The molecule has 1 atom stereocenters. The van der Waals surface area contributed by atoms with Crippen molar-refractivity contribution in [3.05, 3.63) is 54.1 Å². The SMILES string of the molecule is CC1CCCCN1c1ccc(F)cc1NC(=O)c1ccncc1. The molecule has 5 heteroatoms. The van der Waals surface area contributed by atoms with Crippen molar-refractivity contribution in [3.8, 4) is 0 Å². The highest BCUT2D eigenvalue weighted by atomic mass is 19.1. The molecule has 1 aliphatic heterocycles. The van der Waals surface area contributed by atoms with Gasteiger partial charge in [0, 0.05) is 30.5 Å². The van der Waals surface area contributed by atoms with Crippen LogP contribution >= 0.6 is 0 Å². The van der Waals surface area contributed by atoms with Crippen LogP contribution in [0.3, 0.4) is 0 Å². The van der Waals surface area contributed by atoms with Gasteiger partial charge >= 0.3 is 0 Å². The lowest BCUT2D eigenvalue weighted by Gasteiger charge is -2.36. The normalized spacial score (nSPS) is 17.8. The summed E-state index contributed by atoms with van der Waals surface area (Å²) in [6, 6.07) is 8.23. The number of amides is 1. The Morgan fingerprint density at radius 1 is 1.26 bits per heavy atom. The molecule has 1 N–H and O–H groups in total. The van der Waals surface area contributed by atoms with E-state index < -0.39 is 0 Å². The molecule has 1 saturated heterocycles. The van der Waals surface area contributed by atoms with Crippen LogP contribution in [-0.2, 0) is 0 Å². The Hall–Kier alpha value is -2.43. The molecule has 1 amide bonds. The third-order valence-electron chi connectivity index (χ3n) is 4.26. The number of nitrogens with zero attached hydrogens (tertiary/aromatic N) is 2. The summed E-state index contributed by atoms with van der Waals surface area (Å²) in [5.74, 6) is -0.618. The monoisotopic (exact) mass is 313 g/mol. The summed E-state index contributed by atoms with van der Waals surface area (Å²) < 4.78 is 13.7. The van der Waals surface area contributed by atoms with Gasteiger partial charge < -0.3 is 10.2 Å². The summed E-state index contributed by atoms with van der Waals surface area (Å²) in [4.78, 5) is 18.5. The summed E-state index contributed by atoms with van der Waals surface area (Å²) in [5, 5.41) is 2.84. The van der Waals surface area contributed by atoms with Gasteiger partial charge in [0.15, 0.2) is 0 Å². The fourth-order valence-corrected chi connectivity index (χ4v) is 3.01. The lowest BCUT2D eigenvalue weighted by Crippen LogP contribution is -2.38. The van der Waals surface area contributed by atoms with E-state index in [0.717, 1.165) is 25.1 Å². The minimum atomic E-state index is -0.358. The Kier molecular flexibility index (Phi) is 4.55. The molecule has 2 heterocycles. The van der Waals surface area contributed by atoms with Crippen LogP contribution in [0, 0.1) is 5.82 Å². The summed E-state index contributed by atoms with van der Waals surface area (Å²) in [5.41, 5.74) is 1.89. The second-order valence-electron chi connectivity index (χ2n) is 5.89. The molecular weight excluding hydrogens is 293 g/mol. The van der Waals surface area contributed by atoms with E-state index >= 15 is 0 Å². The summed E-state index contributed by atoms with van der Waals surface area (Å²) >= 11 is 0. The van der Waals surface area contributed by atoms with Gasteiger partial charge in [-0.15, -0.1) is 0 Å². The summed E-state index contributed by atoms with van der Waals surface area (Å²) in [6.45, 7) is 3.09. The van der Waals surface area contributed by atoms with Crippen LogP contribution in [0.25, 0.3) is 0 Å². The highest BCUT2D eigenvalue weighted by Gasteiger charge is 2.22. The van der Waals surface area contributed by atoms with Crippen molar-refractivity contribution in [2.45, 2.75) is 32.2 Å². The molecule has 1 fully saturated rings.